The quantitative estimate of drug-likeness (QED) is 0.186. The number of amides is 3. The van der Waals surface area contributed by atoms with E-state index in [1.807, 2.05) is 30.3 Å². The topological polar surface area (TPSA) is 181 Å². The second kappa shape index (κ2) is 13.0. The molecule has 3 amide bonds. The van der Waals surface area contributed by atoms with Gasteiger partial charge in [-0.1, -0.05) is 30.3 Å². The van der Waals surface area contributed by atoms with Crippen molar-refractivity contribution < 1.29 is 27.5 Å². The van der Waals surface area contributed by atoms with Gasteiger partial charge < -0.3 is 26.4 Å². The molecule has 1 aromatic heterocycles. The number of thiophene rings is 1. The van der Waals surface area contributed by atoms with Gasteiger partial charge in [-0.15, -0.1) is 11.3 Å². The zero-order chi connectivity index (χ0) is 26.8. The van der Waals surface area contributed by atoms with Crippen molar-refractivity contribution in [2.45, 2.75) is 31.3 Å². The van der Waals surface area contributed by atoms with E-state index in [1.165, 1.54) is 11.3 Å². The van der Waals surface area contributed by atoms with Gasteiger partial charge in [-0.2, -0.15) is 0 Å². The Morgan fingerprint density at radius 2 is 1.78 bits per heavy atom. The lowest BCUT2D eigenvalue weighted by Gasteiger charge is -2.33. The molecule has 0 aliphatic heterocycles. The molecule has 1 aromatic carbocycles. The molecule has 0 aliphatic carbocycles. The van der Waals surface area contributed by atoms with Gasteiger partial charge in [-0.25, -0.2) is 13.2 Å². The number of nitrogens with one attached hydrogen (secondary N) is 4. The molecule has 6 N–H and O–H groups in total. The highest BCUT2D eigenvalue weighted by molar-refractivity contribution is 7.90. The number of carbonyl (C=O) groups excluding carboxylic acids is 3. The van der Waals surface area contributed by atoms with Crippen molar-refractivity contribution in [3.05, 3.63) is 57.8 Å². The molecule has 0 saturated heterocycles. The lowest BCUT2D eigenvalue weighted by atomic mass is 9.87. The number of ether oxygens (including phenoxy) is 1. The van der Waals surface area contributed by atoms with Gasteiger partial charge in [0.15, 0.2) is 0 Å². The summed E-state index contributed by atoms with van der Waals surface area (Å²) < 4.78 is 28.5. The summed E-state index contributed by atoms with van der Waals surface area (Å²) in [5.41, 5.74) is 4.70. The minimum absolute atomic E-state index is 0.0659. The molecule has 0 aliphatic rings. The molecular formula is C23H31N5O6S2. The van der Waals surface area contributed by atoms with E-state index in [0.717, 1.165) is 23.8 Å². The molecule has 0 bridgehead atoms. The first-order valence-electron chi connectivity index (χ1n) is 11.0. The highest BCUT2D eigenvalue weighted by atomic mass is 32.2. The Labute approximate surface area is 214 Å². The Morgan fingerprint density at radius 1 is 1.08 bits per heavy atom. The van der Waals surface area contributed by atoms with Crippen molar-refractivity contribution in [1.82, 2.24) is 16.0 Å². The molecule has 11 nitrogen and oxygen atoms in total. The van der Waals surface area contributed by atoms with Crippen molar-refractivity contribution >= 4 is 44.9 Å². The summed E-state index contributed by atoms with van der Waals surface area (Å²) in [6, 6.07) is 12.6. The highest BCUT2D eigenvalue weighted by Crippen LogP contribution is 2.21. The number of amidine groups is 1. The molecule has 196 valence electrons. The van der Waals surface area contributed by atoms with Gasteiger partial charge >= 0.3 is 6.09 Å². The molecule has 2 aromatic rings. The van der Waals surface area contributed by atoms with E-state index >= 15 is 0 Å². The van der Waals surface area contributed by atoms with Crippen LogP contribution in [0.4, 0.5) is 4.79 Å². The van der Waals surface area contributed by atoms with Crippen LogP contribution in [0.15, 0.2) is 42.5 Å². The smallest absolute Gasteiger partial charge is 0.407 e. The van der Waals surface area contributed by atoms with Crippen molar-refractivity contribution in [3.63, 3.8) is 0 Å². The average Bonchev–Trinajstić information content (AvgIpc) is 3.32. The van der Waals surface area contributed by atoms with Crippen LogP contribution < -0.4 is 21.7 Å². The van der Waals surface area contributed by atoms with Crippen LogP contribution in [0.1, 0.15) is 28.2 Å². The van der Waals surface area contributed by atoms with Crippen LogP contribution in [0.25, 0.3) is 0 Å². The molecule has 2 rings (SSSR count). The van der Waals surface area contributed by atoms with Gasteiger partial charge in [0.2, 0.25) is 11.8 Å². The molecule has 36 heavy (non-hydrogen) atoms. The SMILES string of the molecule is COC(=O)NC(CCc1ccccc1)(CCS(C)(=O)=O)C(=O)NCC(=O)NCc1ccc(C(=N)N)s1. The van der Waals surface area contributed by atoms with Gasteiger partial charge in [0.05, 0.1) is 30.8 Å². The van der Waals surface area contributed by atoms with E-state index in [0.29, 0.717) is 11.3 Å². The maximum Gasteiger partial charge on any atom is 0.407 e. The maximum atomic E-state index is 13.3. The Balaban J connectivity index is 2.13. The van der Waals surface area contributed by atoms with Crippen molar-refractivity contribution in [2.24, 2.45) is 5.73 Å². The second-order valence-corrected chi connectivity index (χ2v) is 11.6. The summed E-state index contributed by atoms with van der Waals surface area (Å²) in [6.07, 6.45) is 0.392. The minimum Gasteiger partial charge on any atom is -0.453 e. The molecule has 1 unspecified atom stereocenters. The molecule has 0 radical (unpaired) electrons. The van der Waals surface area contributed by atoms with Crippen LogP contribution in [-0.2, 0) is 37.1 Å². The molecule has 0 fully saturated rings. The zero-order valence-corrected chi connectivity index (χ0v) is 21.8. The monoisotopic (exact) mass is 537 g/mol. The number of carbonyl (C=O) groups is 3. The van der Waals surface area contributed by atoms with E-state index in [1.54, 1.807) is 12.1 Å². The first kappa shape index (κ1) is 28.8. The summed E-state index contributed by atoms with van der Waals surface area (Å²) >= 11 is 1.26. The Morgan fingerprint density at radius 3 is 2.36 bits per heavy atom. The highest BCUT2D eigenvalue weighted by Gasteiger charge is 2.40. The number of methoxy groups -OCH3 is 1. The van der Waals surface area contributed by atoms with Crippen molar-refractivity contribution in [3.8, 4) is 0 Å². The summed E-state index contributed by atoms with van der Waals surface area (Å²) in [7, 11) is -2.33. The maximum absolute atomic E-state index is 13.3. The molecule has 1 heterocycles. The number of aryl methyl sites for hydroxylation is 1. The number of sulfone groups is 1. The lowest BCUT2D eigenvalue weighted by Crippen LogP contribution is -2.60. The summed E-state index contributed by atoms with van der Waals surface area (Å²) in [5, 5.41) is 15.1. The number of nitrogen functional groups attached to an aromatic ring is 1. The van der Waals surface area contributed by atoms with E-state index in [4.69, 9.17) is 15.9 Å². The van der Waals surface area contributed by atoms with E-state index in [9.17, 15) is 22.8 Å². The number of rotatable bonds is 13. The number of nitrogens with two attached hydrogens (primary N) is 1. The van der Waals surface area contributed by atoms with Crippen molar-refractivity contribution in [1.29, 1.82) is 5.41 Å². The normalized spacial score (nSPS) is 12.7. The number of hydrogen-bond donors (Lipinski definition) is 5. The molecule has 13 heteroatoms. The number of benzene rings is 1. The van der Waals surface area contributed by atoms with Gasteiger partial charge in [0.1, 0.15) is 21.2 Å². The van der Waals surface area contributed by atoms with E-state index in [2.05, 4.69) is 16.0 Å². The number of alkyl carbamates (subject to hydrolysis) is 1. The van der Waals surface area contributed by atoms with E-state index in [-0.39, 0.29) is 31.0 Å². The lowest BCUT2D eigenvalue weighted by molar-refractivity contribution is -0.130. The molecule has 0 saturated carbocycles. The van der Waals surface area contributed by atoms with Crippen LogP contribution >= 0.6 is 11.3 Å². The predicted octanol–water partition coefficient (Wildman–Crippen LogP) is 0.927. The third-order valence-corrected chi connectivity index (χ3v) is 7.40. The Bertz CT molecular complexity index is 1180. The van der Waals surface area contributed by atoms with Gasteiger partial charge in [0, 0.05) is 11.1 Å². The number of hydrogen-bond acceptors (Lipinski definition) is 8. The third-order valence-electron chi connectivity index (χ3n) is 5.34. The van der Waals surface area contributed by atoms with E-state index < -0.39 is 39.8 Å². The molecule has 1 atom stereocenters. The first-order valence-corrected chi connectivity index (χ1v) is 13.9. The van der Waals surface area contributed by atoms with Gasteiger partial charge in [-0.3, -0.25) is 15.0 Å². The minimum atomic E-state index is -3.47. The molecule has 0 spiro atoms. The fourth-order valence-corrected chi connectivity index (χ4v) is 4.87. The summed E-state index contributed by atoms with van der Waals surface area (Å²) in [5.74, 6) is -1.61. The third kappa shape index (κ3) is 9.30. The second-order valence-electron chi connectivity index (χ2n) is 8.20. The van der Waals surface area contributed by atoms with Crippen LogP contribution in [-0.4, -0.2) is 63.4 Å². The Kier molecular flexibility index (Phi) is 10.4. The van der Waals surface area contributed by atoms with Crippen LogP contribution in [0.2, 0.25) is 0 Å². The standard InChI is InChI=1S/C23H31N5O6S2/c1-34-22(31)28-23(12-13-36(2,32)33,11-10-16-6-4-3-5-7-16)21(30)27-15-19(29)26-14-17-8-9-18(35-17)20(24)25/h3-9H,10-15H2,1-2H3,(H3,24,25)(H,26,29)(H,27,30)(H,28,31). The largest absolute Gasteiger partial charge is 0.453 e. The summed E-state index contributed by atoms with van der Waals surface area (Å²) in [6.45, 7) is -0.209. The fourth-order valence-electron chi connectivity index (χ4n) is 3.34. The van der Waals surface area contributed by atoms with Crippen LogP contribution in [0.3, 0.4) is 0 Å². The zero-order valence-electron chi connectivity index (χ0n) is 20.1. The van der Waals surface area contributed by atoms with Crippen LogP contribution in [0.5, 0.6) is 0 Å². The van der Waals surface area contributed by atoms with Crippen LogP contribution in [0, 0.1) is 5.41 Å². The van der Waals surface area contributed by atoms with Gasteiger partial charge in [-0.05, 0) is 37.0 Å². The predicted molar refractivity (Wildman–Crippen MR) is 138 cm³/mol. The summed E-state index contributed by atoms with van der Waals surface area (Å²) in [4.78, 5) is 39.2. The fraction of sp³-hybridized carbons (Fsp3) is 0.391. The average molecular weight is 538 g/mol. The Hall–Kier alpha value is -3.45. The molecular weight excluding hydrogens is 506 g/mol. The first-order chi connectivity index (χ1) is 16.9. The van der Waals surface area contributed by atoms with Gasteiger partial charge in [0.25, 0.3) is 0 Å². The van der Waals surface area contributed by atoms with Crippen molar-refractivity contribution in [2.75, 3.05) is 25.7 Å².